The van der Waals surface area contributed by atoms with E-state index in [0.29, 0.717) is 12.0 Å². The molecule has 0 N–H and O–H groups in total. The molecule has 3 saturated heterocycles. The van der Waals surface area contributed by atoms with Gasteiger partial charge in [-0.2, -0.15) is 0 Å². The average Bonchev–Trinajstić information content (AvgIpc) is 3.23. The van der Waals surface area contributed by atoms with E-state index in [0.717, 1.165) is 25.7 Å². The SMILES string of the molecule is CCCC(=O)OC1C(OC(C)=O)OC2OC3OC(=O)C(=CC4(C)CCCC(C)(C)C4)C3C21. The standard InChI is InChI=1S/C24H34O8/c1-6-8-15(26)29-18-17-16-14(11-24(5)10-7-9-23(3,4)12-24)19(27)30-20(16)31-21(17)32-22(18)28-13(2)25/h11,16-18,20-22H,6-10,12H2,1-5H3. The van der Waals surface area contributed by atoms with Gasteiger partial charge in [0, 0.05) is 18.9 Å². The topological polar surface area (TPSA) is 97.4 Å². The van der Waals surface area contributed by atoms with E-state index in [1.54, 1.807) is 0 Å². The lowest BCUT2D eigenvalue weighted by atomic mass is 9.63. The first-order chi connectivity index (χ1) is 15.0. The van der Waals surface area contributed by atoms with Gasteiger partial charge in [0.25, 0.3) is 0 Å². The van der Waals surface area contributed by atoms with E-state index in [2.05, 4.69) is 26.8 Å². The van der Waals surface area contributed by atoms with Gasteiger partial charge in [-0.3, -0.25) is 9.59 Å². The molecule has 7 unspecified atom stereocenters. The van der Waals surface area contributed by atoms with Crippen LogP contribution in [-0.2, 0) is 38.1 Å². The van der Waals surface area contributed by atoms with Crippen LogP contribution < -0.4 is 0 Å². The van der Waals surface area contributed by atoms with Crippen LogP contribution in [0.25, 0.3) is 0 Å². The number of hydrogen-bond acceptors (Lipinski definition) is 8. The van der Waals surface area contributed by atoms with Crippen molar-refractivity contribution >= 4 is 17.9 Å². The Morgan fingerprint density at radius 3 is 2.53 bits per heavy atom. The van der Waals surface area contributed by atoms with Crippen LogP contribution >= 0.6 is 0 Å². The van der Waals surface area contributed by atoms with Crippen LogP contribution in [0.15, 0.2) is 11.6 Å². The quantitative estimate of drug-likeness (QED) is 0.356. The lowest BCUT2D eigenvalue weighted by Gasteiger charge is -2.41. The summed E-state index contributed by atoms with van der Waals surface area (Å²) in [4.78, 5) is 36.8. The summed E-state index contributed by atoms with van der Waals surface area (Å²) in [6.45, 7) is 9.84. The molecule has 3 aliphatic heterocycles. The second-order valence-corrected chi connectivity index (χ2v) is 10.6. The Balaban J connectivity index is 1.64. The van der Waals surface area contributed by atoms with Gasteiger partial charge in [-0.15, -0.1) is 0 Å². The maximum absolute atomic E-state index is 12.8. The zero-order valence-corrected chi connectivity index (χ0v) is 19.6. The molecule has 4 aliphatic rings. The van der Waals surface area contributed by atoms with Crippen molar-refractivity contribution in [3.63, 3.8) is 0 Å². The summed E-state index contributed by atoms with van der Waals surface area (Å²) in [5.74, 6) is -2.30. The number of rotatable bonds is 5. The fourth-order valence-corrected chi connectivity index (χ4v) is 6.00. The van der Waals surface area contributed by atoms with Crippen LogP contribution in [0.5, 0.6) is 0 Å². The Bertz CT molecular complexity index is 817. The van der Waals surface area contributed by atoms with Gasteiger partial charge in [-0.1, -0.05) is 40.2 Å². The van der Waals surface area contributed by atoms with E-state index in [-0.39, 0.29) is 17.3 Å². The molecule has 8 nitrogen and oxygen atoms in total. The zero-order chi connectivity index (χ0) is 23.3. The fraction of sp³-hybridized carbons (Fsp3) is 0.792. The van der Waals surface area contributed by atoms with Crippen molar-refractivity contribution in [3.05, 3.63) is 11.6 Å². The summed E-state index contributed by atoms with van der Waals surface area (Å²) in [7, 11) is 0. The van der Waals surface area contributed by atoms with Crippen molar-refractivity contribution < 1.29 is 38.1 Å². The molecular weight excluding hydrogens is 416 g/mol. The fourth-order valence-electron chi connectivity index (χ4n) is 6.00. The predicted octanol–water partition coefficient (Wildman–Crippen LogP) is 3.62. The maximum atomic E-state index is 12.8. The summed E-state index contributed by atoms with van der Waals surface area (Å²) in [6, 6.07) is 0. The molecule has 178 valence electrons. The molecule has 1 aliphatic carbocycles. The number of allylic oxidation sites excluding steroid dienone is 1. The molecule has 4 fully saturated rings. The molecule has 4 rings (SSSR count). The smallest absolute Gasteiger partial charge is 0.336 e. The van der Waals surface area contributed by atoms with E-state index in [1.807, 2.05) is 6.92 Å². The van der Waals surface area contributed by atoms with Crippen molar-refractivity contribution in [2.45, 2.75) is 98.1 Å². The van der Waals surface area contributed by atoms with E-state index in [4.69, 9.17) is 23.7 Å². The number of esters is 3. The largest absolute Gasteiger partial charge is 0.455 e. The molecule has 32 heavy (non-hydrogen) atoms. The second-order valence-electron chi connectivity index (χ2n) is 10.6. The van der Waals surface area contributed by atoms with Crippen molar-refractivity contribution in [3.8, 4) is 0 Å². The minimum Gasteiger partial charge on any atom is -0.455 e. The molecule has 0 bridgehead atoms. The summed E-state index contributed by atoms with van der Waals surface area (Å²) in [5.41, 5.74) is 0.591. The molecule has 0 amide bonds. The first kappa shape index (κ1) is 23.2. The van der Waals surface area contributed by atoms with Crippen molar-refractivity contribution in [1.82, 2.24) is 0 Å². The highest BCUT2D eigenvalue weighted by molar-refractivity contribution is 5.91. The number of ether oxygens (including phenoxy) is 5. The zero-order valence-electron chi connectivity index (χ0n) is 19.6. The van der Waals surface area contributed by atoms with Gasteiger partial charge in [0.2, 0.25) is 12.6 Å². The van der Waals surface area contributed by atoms with Gasteiger partial charge in [0.1, 0.15) is 0 Å². The highest BCUT2D eigenvalue weighted by Gasteiger charge is 2.65. The van der Waals surface area contributed by atoms with Gasteiger partial charge in [-0.05, 0) is 36.5 Å². The van der Waals surface area contributed by atoms with E-state index in [1.165, 1.54) is 6.92 Å². The molecule has 1 saturated carbocycles. The Labute approximate surface area is 188 Å². The normalized spacial score (nSPS) is 41.2. The van der Waals surface area contributed by atoms with Crippen LogP contribution in [-0.4, -0.2) is 42.9 Å². The van der Waals surface area contributed by atoms with Gasteiger partial charge in [0.05, 0.1) is 11.8 Å². The van der Waals surface area contributed by atoms with Gasteiger partial charge >= 0.3 is 17.9 Å². The Morgan fingerprint density at radius 1 is 1.12 bits per heavy atom. The molecule has 3 heterocycles. The van der Waals surface area contributed by atoms with Crippen molar-refractivity contribution in [1.29, 1.82) is 0 Å². The lowest BCUT2D eigenvalue weighted by Crippen LogP contribution is -2.39. The third-order valence-electron chi connectivity index (χ3n) is 7.02. The predicted molar refractivity (Wildman–Crippen MR) is 112 cm³/mol. The van der Waals surface area contributed by atoms with Crippen LogP contribution in [0.1, 0.15) is 73.1 Å². The van der Waals surface area contributed by atoms with Crippen molar-refractivity contribution in [2.75, 3.05) is 0 Å². The minimum atomic E-state index is -1.08. The Kier molecular flexibility index (Phi) is 6.13. The van der Waals surface area contributed by atoms with Crippen LogP contribution in [0.3, 0.4) is 0 Å². The van der Waals surface area contributed by atoms with Gasteiger partial charge in [0.15, 0.2) is 12.4 Å². The summed E-state index contributed by atoms with van der Waals surface area (Å²) in [5, 5.41) is 0. The number of carbonyl (C=O) groups excluding carboxylic acids is 3. The Hall–Kier alpha value is -1.93. The summed E-state index contributed by atoms with van der Waals surface area (Å²) in [6.07, 6.45) is 3.58. The first-order valence-electron chi connectivity index (χ1n) is 11.6. The highest BCUT2D eigenvalue weighted by atomic mass is 16.8. The van der Waals surface area contributed by atoms with E-state index in [9.17, 15) is 14.4 Å². The second kappa shape index (κ2) is 8.45. The molecule has 8 heteroatoms. The number of carbonyl (C=O) groups is 3. The minimum absolute atomic E-state index is 0.147. The molecule has 0 aromatic heterocycles. The first-order valence-corrected chi connectivity index (χ1v) is 11.6. The number of fused-ring (bicyclic) bond motifs is 3. The van der Waals surface area contributed by atoms with Gasteiger partial charge in [-0.25, -0.2) is 4.79 Å². The van der Waals surface area contributed by atoms with Crippen molar-refractivity contribution in [2.24, 2.45) is 22.7 Å². The molecule has 0 aromatic carbocycles. The van der Waals surface area contributed by atoms with Crippen LogP contribution in [0.2, 0.25) is 0 Å². The number of hydrogen-bond donors (Lipinski definition) is 0. The third-order valence-corrected chi connectivity index (χ3v) is 7.02. The molecule has 0 spiro atoms. The summed E-state index contributed by atoms with van der Waals surface area (Å²) >= 11 is 0. The molecule has 0 aromatic rings. The lowest BCUT2D eigenvalue weighted by molar-refractivity contribution is -0.244. The van der Waals surface area contributed by atoms with E-state index >= 15 is 0 Å². The van der Waals surface area contributed by atoms with Gasteiger partial charge < -0.3 is 23.7 Å². The third kappa shape index (κ3) is 4.44. The Morgan fingerprint density at radius 2 is 1.88 bits per heavy atom. The molecule has 7 atom stereocenters. The van der Waals surface area contributed by atoms with Crippen LogP contribution in [0, 0.1) is 22.7 Å². The highest BCUT2D eigenvalue weighted by Crippen LogP contribution is 2.53. The average molecular weight is 451 g/mol. The van der Waals surface area contributed by atoms with Crippen LogP contribution in [0.4, 0.5) is 0 Å². The summed E-state index contributed by atoms with van der Waals surface area (Å²) < 4.78 is 28.2. The molecule has 0 radical (unpaired) electrons. The molecular formula is C24H34O8. The monoisotopic (exact) mass is 450 g/mol. The van der Waals surface area contributed by atoms with E-state index < -0.39 is 54.7 Å². The maximum Gasteiger partial charge on any atom is 0.336 e.